The van der Waals surface area contributed by atoms with Crippen LogP contribution < -0.4 is 5.32 Å². The fraction of sp³-hybridized carbons (Fsp3) is 0.500. The molecule has 1 aliphatic heterocycles. The van der Waals surface area contributed by atoms with Crippen LogP contribution in [0.25, 0.3) is 0 Å². The summed E-state index contributed by atoms with van der Waals surface area (Å²) in [5, 5.41) is 3.25. The van der Waals surface area contributed by atoms with Crippen molar-refractivity contribution >= 4 is 0 Å². The molecule has 66 valence electrons. The van der Waals surface area contributed by atoms with E-state index >= 15 is 0 Å². The zero-order chi connectivity index (χ0) is 8.97. The summed E-state index contributed by atoms with van der Waals surface area (Å²) in [4.78, 5) is 4.39. The Balaban J connectivity index is 0.000000336. The number of hydrogen-bond donors (Lipinski definition) is 1. The molecular weight excluding hydrogens is 148 g/mol. The van der Waals surface area contributed by atoms with Crippen LogP contribution >= 0.6 is 0 Å². The highest BCUT2D eigenvalue weighted by Gasteiger charge is 2.09. The highest BCUT2D eigenvalue weighted by molar-refractivity contribution is 5.25. The average Bonchev–Trinajstić information content (AvgIpc) is 2.54. The van der Waals surface area contributed by atoms with Crippen molar-refractivity contribution in [1.82, 2.24) is 10.3 Å². The first-order valence-electron chi connectivity index (χ1n) is 4.52. The first kappa shape index (κ1) is 9.20. The van der Waals surface area contributed by atoms with Crippen molar-refractivity contribution in [1.29, 1.82) is 0 Å². The summed E-state index contributed by atoms with van der Waals surface area (Å²) in [5.41, 5.74) is 3.69. The van der Waals surface area contributed by atoms with Crippen LogP contribution in [-0.2, 0) is 13.1 Å². The highest BCUT2D eigenvalue weighted by atomic mass is 14.9. The first-order valence-corrected chi connectivity index (χ1v) is 4.52. The third-order valence-electron chi connectivity index (χ3n) is 1.82. The lowest BCUT2D eigenvalue weighted by molar-refractivity contribution is 0.757. The monoisotopic (exact) mass is 164 g/mol. The Kier molecular flexibility index (Phi) is 3.23. The minimum atomic E-state index is 0.941. The fourth-order valence-electron chi connectivity index (χ4n) is 1.27. The molecule has 0 bridgehead atoms. The molecule has 0 radical (unpaired) electrons. The molecular formula is C10H16N2. The molecule has 1 N–H and O–H groups in total. The molecule has 0 amide bonds. The van der Waals surface area contributed by atoms with E-state index in [2.05, 4.69) is 22.4 Å². The van der Waals surface area contributed by atoms with Gasteiger partial charge in [-0.1, -0.05) is 19.9 Å². The smallest absolute Gasteiger partial charge is 0.0589 e. The van der Waals surface area contributed by atoms with Gasteiger partial charge in [-0.2, -0.15) is 0 Å². The van der Waals surface area contributed by atoms with Gasteiger partial charge in [0.15, 0.2) is 0 Å². The van der Waals surface area contributed by atoms with Crippen molar-refractivity contribution in [2.45, 2.75) is 33.9 Å². The third-order valence-corrected chi connectivity index (χ3v) is 1.82. The lowest BCUT2D eigenvalue weighted by atomic mass is 10.2. The van der Waals surface area contributed by atoms with Crippen LogP contribution in [0.5, 0.6) is 0 Å². The maximum atomic E-state index is 4.39. The lowest BCUT2D eigenvalue weighted by Crippen LogP contribution is -2.00. The molecule has 2 heteroatoms. The Morgan fingerprint density at radius 2 is 2.00 bits per heavy atom. The summed E-state index contributed by atoms with van der Waals surface area (Å²) in [6.07, 6.45) is 0. The number of fused-ring (bicyclic) bond motifs is 1. The van der Waals surface area contributed by atoms with E-state index in [1.54, 1.807) is 0 Å². The van der Waals surface area contributed by atoms with E-state index in [-0.39, 0.29) is 0 Å². The molecule has 0 unspecified atom stereocenters. The molecule has 0 saturated heterocycles. The maximum Gasteiger partial charge on any atom is 0.0589 e. The topological polar surface area (TPSA) is 24.9 Å². The minimum absolute atomic E-state index is 0.941. The second kappa shape index (κ2) is 4.21. The van der Waals surface area contributed by atoms with Crippen molar-refractivity contribution in [3.8, 4) is 0 Å². The predicted octanol–water partition coefficient (Wildman–Crippen LogP) is 2.02. The molecule has 1 aromatic rings. The highest BCUT2D eigenvalue weighted by Crippen LogP contribution is 2.12. The summed E-state index contributed by atoms with van der Waals surface area (Å²) in [7, 11) is 0. The van der Waals surface area contributed by atoms with Crippen LogP contribution in [0.4, 0.5) is 0 Å². The number of pyridine rings is 1. The molecule has 2 heterocycles. The SMILES string of the molecule is CC.Cc1ccc2c(n1)CNC2. The van der Waals surface area contributed by atoms with E-state index in [9.17, 15) is 0 Å². The Hall–Kier alpha value is -0.890. The largest absolute Gasteiger partial charge is 0.307 e. The number of aryl methyl sites for hydroxylation is 1. The Bertz CT molecular complexity index is 256. The maximum absolute atomic E-state index is 4.39. The van der Waals surface area contributed by atoms with Gasteiger partial charge in [-0.05, 0) is 18.6 Å². The molecule has 2 rings (SSSR count). The number of aromatic nitrogens is 1. The third kappa shape index (κ3) is 1.83. The molecule has 2 nitrogen and oxygen atoms in total. The van der Waals surface area contributed by atoms with Gasteiger partial charge in [0.1, 0.15) is 0 Å². The average molecular weight is 164 g/mol. The van der Waals surface area contributed by atoms with Gasteiger partial charge in [0.25, 0.3) is 0 Å². The summed E-state index contributed by atoms with van der Waals surface area (Å²) in [6.45, 7) is 7.96. The Labute approximate surface area is 74.0 Å². The fourth-order valence-corrected chi connectivity index (χ4v) is 1.27. The van der Waals surface area contributed by atoms with E-state index in [0.717, 1.165) is 18.8 Å². The van der Waals surface area contributed by atoms with Crippen LogP contribution in [0.1, 0.15) is 30.8 Å². The standard InChI is InChI=1S/C8H10N2.C2H6/c1-6-2-3-7-4-9-5-8(7)10-6;1-2/h2-3,9H,4-5H2,1H3;1-2H3. The summed E-state index contributed by atoms with van der Waals surface area (Å²) >= 11 is 0. The normalized spacial score (nSPS) is 13.2. The van der Waals surface area contributed by atoms with E-state index in [1.807, 2.05) is 20.8 Å². The van der Waals surface area contributed by atoms with Crippen LogP contribution in [0.3, 0.4) is 0 Å². The number of hydrogen-bond acceptors (Lipinski definition) is 2. The van der Waals surface area contributed by atoms with Gasteiger partial charge in [-0.25, -0.2) is 0 Å². The van der Waals surface area contributed by atoms with Gasteiger partial charge in [-0.15, -0.1) is 0 Å². The van der Waals surface area contributed by atoms with Crippen LogP contribution in [0, 0.1) is 6.92 Å². The number of nitrogens with one attached hydrogen (secondary N) is 1. The van der Waals surface area contributed by atoms with E-state index in [4.69, 9.17) is 0 Å². The number of nitrogens with zero attached hydrogens (tertiary/aromatic N) is 1. The molecule has 0 spiro atoms. The summed E-state index contributed by atoms with van der Waals surface area (Å²) < 4.78 is 0. The van der Waals surface area contributed by atoms with Gasteiger partial charge < -0.3 is 5.32 Å². The molecule has 0 saturated carbocycles. The zero-order valence-electron chi connectivity index (χ0n) is 8.02. The van der Waals surface area contributed by atoms with Crippen molar-refractivity contribution in [3.63, 3.8) is 0 Å². The van der Waals surface area contributed by atoms with Crippen LogP contribution in [0.15, 0.2) is 12.1 Å². The quantitative estimate of drug-likeness (QED) is 0.634. The van der Waals surface area contributed by atoms with Gasteiger partial charge in [-0.3, -0.25) is 4.98 Å². The zero-order valence-corrected chi connectivity index (χ0v) is 8.02. The number of rotatable bonds is 0. The molecule has 1 aliphatic rings. The van der Waals surface area contributed by atoms with E-state index in [1.165, 1.54) is 11.3 Å². The van der Waals surface area contributed by atoms with Crippen molar-refractivity contribution < 1.29 is 0 Å². The van der Waals surface area contributed by atoms with Gasteiger partial charge in [0.05, 0.1) is 5.69 Å². The Morgan fingerprint density at radius 3 is 2.75 bits per heavy atom. The van der Waals surface area contributed by atoms with Crippen molar-refractivity contribution in [2.75, 3.05) is 0 Å². The van der Waals surface area contributed by atoms with Crippen LogP contribution in [0.2, 0.25) is 0 Å². The molecule has 0 fully saturated rings. The summed E-state index contributed by atoms with van der Waals surface area (Å²) in [6, 6.07) is 4.21. The predicted molar refractivity (Wildman–Crippen MR) is 50.9 cm³/mol. The molecule has 0 aliphatic carbocycles. The van der Waals surface area contributed by atoms with Crippen molar-refractivity contribution in [3.05, 3.63) is 29.1 Å². The van der Waals surface area contributed by atoms with Crippen molar-refractivity contribution in [2.24, 2.45) is 0 Å². The second-order valence-corrected chi connectivity index (χ2v) is 2.66. The second-order valence-electron chi connectivity index (χ2n) is 2.66. The molecule has 0 atom stereocenters. The van der Waals surface area contributed by atoms with Gasteiger partial charge in [0.2, 0.25) is 0 Å². The summed E-state index contributed by atoms with van der Waals surface area (Å²) in [5.74, 6) is 0. The molecule has 1 aromatic heterocycles. The first-order chi connectivity index (χ1) is 5.86. The van der Waals surface area contributed by atoms with Gasteiger partial charge in [0, 0.05) is 18.8 Å². The van der Waals surface area contributed by atoms with Crippen LogP contribution in [-0.4, -0.2) is 4.98 Å². The molecule has 12 heavy (non-hydrogen) atoms. The lowest BCUT2D eigenvalue weighted by Gasteiger charge is -1.96. The Morgan fingerprint density at radius 1 is 1.25 bits per heavy atom. The van der Waals surface area contributed by atoms with Gasteiger partial charge >= 0.3 is 0 Å². The minimum Gasteiger partial charge on any atom is -0.307 e. The van der Waals surface area contributed by atoms with E-state index < -0.39 is 0 Å². The molecule has 0 aromatic carbocycles. The van der Waals surface area contributed by atoms with E-state index in [0.29, 0.717) is 0 Å².